The molecule has 232 valence electrons. The van der Waals surface area contributed by atoms with Gasteiger partial charge in [-0.15, -0.1) is 13.2 Å². The molecule has 2 aromatic carbocycles. The third-order valence-electron chi connectivity index (χ3n) is 8.31. The molecule has 0 radical (unpaired) electrons. The molecule has 2 aromatic rings. The van der Waals surface area contributed by atoms with Crippen molar-refractivity contribution in [3.63, 3.8) is 0 Å². The van der Waals surface area contributed by atoms with Gasteiger partial charge in [0.1, 0.15) is 23.6 Å². The van der Waals surface area contributed by atoms with Gasteiger partial charge < -0.3 is 29.4 Å². The number of carboxylic acids is 1. The number of halogens is 3. The Bertz CT molecular complexity index is 1440. The van der Waals surface area contributed by atoms with E-state index in [1.54, 1.807) is 18.2 Å². The lowest BCUT2D eigenvalue weighted by atomic mass is 9.70. The quantitative estimate of drug-likeness (QED) is 0.365. The van der Waals surface area contributed by atoms with Gasteiger partial charge >= 0.3 is 18.2 Å². The topological polar surface area (TPSA) is 120 Å². The summed E-state index contributed by atoms with van der Waals surface area (Å²) in [4.78, 5) is 40.9. The largest absolute Gasteiger partial charge is 0.573 e. The minimum absolute atomic E-state index is 0.0356. The van der Waals surface area contributed by atoms with Crippen molar-refractivity contribution < 1.29 is 51.6 Å². The zero-order valence-electron chi connectivity index (χ0n) is 24.2. The van der Waals surface area contributed by atoms with Crippen LogP contribution < -0.4 is 24.0 Å². The summed E-state index contributed by atoms with van der Waals surface area (Å²) in [6.45, 7) is 6.34. The molecule has 43 heavy (non-hydrogen) atoms. The van der Waals surface area contributed by atoms with Crippen LogP contribution in [0.1, 0.15) is 51.3 Å². The second-order valence-corrected chi connectivity index (χ2v) is 12.3. The molecule has 1 amide bonds. The van der Waals surface area contributed by atoms with Crippen molar-refractivity contribution in [1.29, 1.82) is 0 Å². The first kappa shape index (κ1) is 30.8. The van der Waals surface area contributed by atoms with Crippen LogP contribution in [0.2, 0.25) is 0 Å². The first-order valence-corrected chi connectivity index (χ1v) is 13.9. The van der Waals surface area contributed by atoms with Gasteiger partial charge in [0.15, 0.2) is 29.3 Å². The smallest absolute Gasteiger partial charge is 0.480 e. The number of ketones is 1. The number of alkyl halides is 3. The SMILES string of the molecule is CC(=O)[C@@]1(C(=O)O)CNCC[C@H]1[N+]1(CC(C)(C)C)C(=O)COC(c2cccc3c2OCO3)c2cc(OC(F)(F)F)ccc21. The number of nitrogens with one attached hydrogen (secondary N) is 1. The second kappa shape index (κ2) is 10.8. The zero-order valence-corrected chi connectivity index (χ0v) is 24.2. The highest BCUT2D eigenvalue weighted by molar-refractivity contribution is 6.05. The number of para-hydroxylation sites is 1. The van der Waals surface area contributed by atoms with Gasteiger partial charge in [0, 0.05) is 36.6 Å². The molecule has 0 spiro atoms. The molecule has 1 fully saturated rings. The van der Waals surface area contributed by atoms with E-state index in [4.69, 9.17) is 14.2 Å². The van der Waals surface area contributed by atoms with E-state index in [1.807, 2.05) is 20.8 Å². The van der Waals surface area contributed by atoms with Gasteiger partial charge in [-0.2, -0.15) is 0 Å². The molecule has 3 aliphatic rings. The summed E-state index contributed by atoms with van der Waals surface area (Å²) >= 11 is 0. The summed E-state index contributed by atoms with van der Waals surface area (Å²) in [5, 5.41) is 13.6. The Morgan fingerprint density at radius 2 is 1.88 bits per heavy atom. The number of nitrogens with zero attached hydrogens (tertiary/aromatic N) is 1. The van der Waals surface area contributed by atoms with Gasteiger partial charge in [-0.3, -0.25) is 9.59 Å². The number of fused-ring (bicyclic) bond motifs is 2. The van der Waals surface area contributed by atoms with Crippen LogP contribution in [0.25, 0.3) is 0 Å². The first-order valence-electron chi connectivity index (χ1n) is 13.9. The number of carbonyl (C=O) groups excluding carboxylic acids is 2. The molecule has 0 aromatic heterocycles. The number of carboxylic acid groups (broad SMARTS) is 1. The summed E-state index contributed by atoms with van der Waals surface area (Å²) in [5.41, 5.74) is -1.84. The van der Waals surface area contributed by atoms with E-state index in [1.165, 1.54) is 13.0 Å². The fourth-order valence-corrected chi connectivity index (χ4v) is 6.80. The molecule has 3 aliphatic heterocycles. The number of carbonyl (C=O) groups is 3. The molecule has 10 nitrogen and oxygen atoms in total. The second-order valence-electron chi connectivity index (χ2n) is 12.3. The van der Waals surface area contributed by atoms with E-state index in [9.17, 15) is 32.7 Å². The van der Waals surface area contributed by atoms with E-state index in [0.717, 1.165) is 12.1 Å². The molecule has 0 bridgehead atoms. The number of aliphatic carboxylic acids is 1. The minimum atomic E-state index is -5.00. The Balaban J connectivity index is 1.85. The number of rotatable bonds is 6. The van der Waals surface area contributed by atoms with Gasteiger partial charge in [0.25, 0.3) is 0 Å². The maximum Gasteiger partial charge on any atom is 0.573 e. The Morgan fingerprint density at radius 1 is 1.14 bits per heavy atom. The molecular weight excluding hydrogens is 573 g/mol. The van der Waals surface area contributed by atoms with Crippen molar-refractivity contribution in [3.8, 4) is 17.2 Å². The van der Waals surface area contributed by atoms with Crippen molar-refractivity contribution >= 4 is 23.3 Å². The van der Waals surface area contributed by atoms with Gasteiger partial charge in [-0.05, 0) is 25.1 Å². The number of Topliss-reactive ketones (excluding diaryl/α,β-unsaturated/α-hetero) is 1. The summed E-state index contributed by atoms with van der Waals surface area (Å²) in [7, 11) is 0. The first-order chi connectivity index (χ1) is 20.1. The summed E-state index contributed by atoms with van der Waals surface area (Å²) in [6.07, 6.45) is -6.00. The lowest BCUT2D eigenvalue weighted by Gasteiger charge is -2.51. The summed E-state index contributed by atoms with van der Waals surface area (Å²) in [5.74, 6) is -2.38. The number of ether oxygens (including phenoxy) is 4. The molecule has 3 heterocycles. The lowest BCUT2D eigenvalue weighted by Crippen LogP contribution is -2.75. The molecule has 4 atom stereocenters. The Hall–Kier alpha value is -3.68. The Kier molecular flexibility index (Phi) is 7.72. The summed E-state index contributed by atoms with van der Waals surface area (Å²) in [6, 6.07) is 7.52. The average molecular weight is 608 g/mol. The van der Waals surface area contributed by atoms with Crippen LogP contribution in [-0.2, 0) is 19.1 Å². The van der Waals surface area contributed by atoms with Crippen LogP contribution in [0.15, 0.2) is 36.4 Å². The summed E-state index contributed by atoms with van der Waals surface area (Å²) < 4.78 is 61.3. The third kappa shape index (κ3) is 5.34. The predicted octanol–water partition coefficient (Wildman–Crippen LogP) is 4.34. The molecule has 2 N–H and O–H groups in total. The molecule has 5 rings (SSSR count). The zero-order chi connectivity index (χ0) is 31.4. The molecule has 13 heteroatoms. The number of hydrogen-bond donors (Lipinski definition) is 2. The average Bonchev–Trinajstić information content (AvgIpc) is 3.36. The third-order valence-corrected chi connectivity index (χ3v) is 8.31. The van der Waals surface area contributed by atoms with Crippen LogP contribution in [0, 0.1) is 10.8 Å². The van der Waals surface area contributed by atoms with Crippen molar-refractivity contribution in [1.82, 2.24) is 9.80 Å². The Morgan fingerprint density at radius 3 is 2.53 bits per heavy atom. The molecule has 2 unspecified atom stereocenters. The normalized spacial score (nSPS) is 27.3. The van der Waals surface area contributed by atoms with Gasteiger partial charge in [0.05, 0.1) is 12.1 Å². The van der Waals surface area contributed by atoms with E-state index in [2.05, 4.69) is 10.1 Å². The number of quaternary nitrogens is 1. The predicted molar refractivity (Wildman–Crippen MR) is 147 cm³/mol. The van der Waals surface area contributed by atoms with Crippen LogP contribution in [0.5, 0.6) is 17.2 Å². The van der Waals surface area contributed by atoms with Gasteiger partial charge in [0.2, 0.25) is 6.79 Å². The van der Waals surface area contributed by atoms with Crippen molar-refractivity contribution in [2.75, 3.05) is 33.0 Å². The van der Waals surface area contributed by atoms with Crippen LogP contribution in [0.3, 0.4) is 0 Å². The molecule has 0 saturated carbocycles. The van der Waals surface area contributed by atoms with Gasteiger partial charge in [-0.1, -0.05) is 32.9 Å². The lowest BCUT2D eigenvalue weighted by molar-refractivity contribution is -0.274. The van der Waals surface area contributed by atoms with E-state index in [-0.39, 0.29) is 37.6 Å². The van der Waals surface area contributed by atoms with Crippen molar-refractivity contribution in [3.05, 3.63) is 47.5 Å². The number of benzene rings is 2. The number of hydrogen-bond acceptors (Lipinski definition) is 8. The highest BCUT2D eigenvalue weighted by atomic mass is 19.4. The van der Waals surface area contributed by atoms with E-state index < -0.39 is 63.8 Å². The fraction of sp³-hybridized carbons (Fsp3) is 0.500. The van der Waals surface area contributed by atoms with Gasteiger partial charge in [-0.25, -0.2) is 9.28 Å². The number of piperidine rings is 1. The standard InChI is InChI=1S/C30H33F3N2O8/c1-17(36)29(27(38)39)14-34-11-10-23(29)35(15-28(2,3)4)21-9-8-18(43-30(31,32)33)12-20(21)25(40-13-24(35)37)19-6-5-7-22-26(19)42-16-41-22/h5-9,12,23,25,34H,10-11,13-16H2,1-4H3/p+1/t23-,25?,29+,35?/m1/s1. The van der Waals surface area contributed by atoms with Crippen LogP contribution in [-0.4, -0.2) is 68.2 Å². The number of amides is 1. The fourth-order valence-electron chi connectivity index (χ4n) is 6.80. The maximum atomic E-state index is 14.6. The van der Waals surface area contributed by atoms with Crippen LogP contribution in [0.4, 0.5) is 18.9 Å². The van der Waals surface area contributed by atoms with Crippen molar-refractivity contribution in [2.45, 2.75) is 52.6 Å². The van der Waals surface area contributed by atoms with Crippen LogP contribution >= 0.6 is 0 Å². The van der Waals surface area contributed by atoms with E-state index in [0.29, 0.717) is 23.6 Å². The Labute approximate surface area is 246 Å². The minimum Gasteiger partial charge on any atom is -0.480 e. The van der Waals surface area contributed by atoms with Crippen molar-refractivity contribution in [2.24, 2.45) is 10.8 Å². The molecule has 0 aliphatic carbocycles. The maximum absolute atomic E-state index is 14.6. The highest BCUT2D eigenvalue weighted by Gasteiger charge is 2.65. The highest BCUT2D eigenvalue weighted by Crippen LogP contribution is 2.51. The van der Waals surface area contributed by atoms with E-state index >= 15 is 0 Å². The molecule has 1 saturated heterocycles. The molecular formula is C30H34F3N2O8+. The monoisotopic (exact) mass is 607 g/mol.